The van der Waals surface area contributed by atoms with Gasteiger partial charge in [0.2, 0.25) is 11.8 Å². The first-order chi connectivity index (χ1) is 16.7. The van der Waals surface area contributed by atoms with Crippen molar-refractivity contribution >= 4 is 28.3 Å². The molecule has 0 unspecified atom stereocenters. The summed E-state index contributed by atoms with van der Waals surface area (Å²) >= 11 is 0. The zero-order chi connectivity index (χ0) is 25.3. The lowest BCUT2D eigenvalue weighted by atomic mass is 9.96. The smallest absolute Gasteiger partial charge is 0.259 e. The molecule has 0 aliphatic carbocycles. The molecule has 3 N–H and O–H groups in total. The molecule has 0 atom stereocenters. The largest absolute Gasteiger partial charge is 0.456 e. The highest BCUT2D eigenvalue weighted by Gasteiger charge is 2.19. The maximum absolute atomic E-state index is 13.0. The van der Waals surface area contributed by atoms with Gasteiger partial charge in [-0.25, -0.2) is 0 Å². The summed E-state index contributed by atoms with van der Waals surface area (Å²) in [6.45, 7) is 7.42. The van der Waals surface area contributed by atoms with Gasteiger partial charge in [0.25, 0.3) is 5.56 Å². The van der Waals surface area contributed by atoms with Crippen molar-refractivity contribution in [1.29, 1.82) is 0 Å². The third-order valence-electron chi connectivity index (χ3n) is 5.82. The number of para-hydroxylation sites is 1. The van der Waals surface area contributed by atoms with Crippen LogP contribution < -0.4 is 21.3 Å². The second kappa shape index (κ2) is 9.30. The second-order valence-corrected chi connectivity index (χ2v) is 8.28. The van der Waals surface area contributed by atoms with Gasteiger partial charge in [-0.3, -0.25) is 14.4 Å². The molecule has 7 heteroatoms. The van der Waals surface area contributed by atoms with Crippen LogP contribution in [0.5, 0.6) is 11.5 Å². The molecule has 1 aromatic heterocycles. The molecule has 7 nitrogen and oxygen atoms in total. The summed E-state index contributed by atoms with van der Waals surface area (Å²) in [6.07, 6.45) is 2.86. The number of nitrogens with two attached hydrogens (primary N) is 1. The second-order valence-electron chi connectivity index (χ2n) is 8.28. The highest BCUT2D eigenvalue weighted by molar-refractivity contribution is 6.10. The van der Waals surface area contributed by atoms with Crippen molar-refractivity contribution in [1.82, 2.24) is 4.57 Å². The van der Waals surface area contributed by atoms with E-state index in [0.29, 0.717) is 33.7 Å². The molecule has 3 aromatic carbocycles. The molecular weight excluding hydrogens is 442 g/mol. The standard InChI is InChI=1S/C28H25N3O4/c1-5-24(32)30-18-12-13-23(35-26-16(2)8-6-9-17(26)3)21(14-18)22-15-31(4)28(34)25-19(22)10-7-11-20(25)27(29)33/h5-15H,1H2,2-4H3,(H2,29,33)(H,30,32). The number of ether oxygens (including phenoxy) is 1. The minimum absolute atomic E-state index is 0.137. The number of hydrogen-bond donors (Lipinski definition) is 2. The number of nitrogens with one attached hydrogen (secondary N) is 1. The Balaban J connectivity index is 2.03. The lowest BCUT2D eigenvalue weighted by molar-refractivity contribution is -0.111. The molecule has 0 fully saturated rings. The summed E-state index contributed by atoms with van der Waals surface area (Å²) in [5, 5.41) is 3.53. The number of nitrogens with zero attached hydrogens (tertiary/aromatic N) is 1. The van der Waals surface area contributed by atoms with Gasteiger partial charge in [-0.05, 0) is 60.7 Å². The number of carbonyl (C=O) groups is 2. The van der Waals surface area contributed by atoms with Crippen LogP contribution in [0.3, 0.4) is 0 Å². The Morgan fingerprint density at radius 1 is 1.03 bits per heavy atom. The fourth-order valence-electron chi connectivity index (χ4n) is 4.10. The molecule has 0 bridgehead atoms. The SMILES string of the molecule is C=CC(=O)Nc1ccc(Oc2c(C)cccc2C)c(-c2cn(C)c(=O)c3c(C(N)=O)cccc23)c1. The number of amides is 2. The van der Waals surface area contributed by atoms with E-state index in [1.54, 1.807) is 43.6 Å². The molecule has 0 saturated heterocycles. The number of anilines is 1. The van der Waals surface area contributed by atoms with Crippen LogP contribution in [-0.2, 0) is 11.8 Å². The number of pyridine rings is 1. The molecule has 0 spiro atoms. The third kappa shape index (κ3) is 4.44. The van der Waals surface area contributed by atoms with E-state index in [0.717, 1.165) is 11.1 Å². The minimum atomic E-state index is -0.691. The van der Waals surface area contributed by atoms with Crippen molar-refractivity contribution in [2.45, 2.75) is 13.8 Å². The lowest BCUT2D eigenvalue weighted by Crippen LogP contribution is -2.21. The van der Waals surface area contributed by atoms with Gasteiger partial charge in [-0.2, -0.15) is 0 Å². The number of carbonyl (C=O) groups excluding carboxylic acids is 2. The Kier molecular flexibility index (Phi) is 6.25. The van der Waals surface area contributed by atoms with Crippen LogP contribution >= 0.6 is 0 Å². The molecule has 176 valence electrons. The number of rotatable bonds is 6. The van der Waals surface area contributed by atoms with E-state index in [4.69, 9.17) is 10.5 Å². The summed E-state index contributed by atoms with van der Waals surface area (Å²) in [5.74, 6) is 0.177. The quantitative estimate of drug-likeness (QED) is 0.396. The molecule has 1 heterocycles. The fraction of sp³-hybridized carbons (Fsp3) is 0.107. The molecule has 4 rings (SSSR count). The number of benzene rings is 3. The van der Waals surface area contributed by atoms with E-state index in [2.05, 4.69) is 11.9 Å². The van der Waals surface area contributed by atoms with Gasteiger partial charge in [0.1, 0.15) is 11.5 Å². The predicted octanol–water partition coefficient (Wildman–Crippen LogP) is 4.84. The average Bonchev–Trinajstić information content (AvgIpc) is 2.83. The van der Waals surface area contributed by atoms with Crippen molar-refractivity contribution in [2.75, 3.05) is 5.32 Å². The highest BCUT2D eigenvalue weighted by atomic mass is 16.5. The summed E-state index contributed by atoms with van der Waals surface area (Å²) in [7, 11) is 1.61. The maximum Gasteiger partial charge on any atom is 0.259 e. The normalized spacial score (nSPS) is 10.7. The highest BCUT2D eigenvalue weighted by Crippen LogP contribution is 2.40. The molecule has 0 saturated carbocycles. The maximum atomic E-state index is 13.0. The Hall–Kier alpha value is -4.65. The monoisotopic (exact) mass is 467 g/mol. The van der Waals surface area contributed by atoms with Crippen molar-refractivity contribution < 1.29 is 14.3 Å². The molecule has 0 aliphatic heterocycles. The van der Waals surface area contributed by atoms with Crippen LogP contribution in [0.4, 0.5) is 5.69 Å². The van der Waals surface area contributed by atoms with Crippen LogP contribution in [0.2, 0.25) is 0 Å². The summed E-state index contributed by atoms with van der Waals surface area (Å²) in [5.41, 5.74) is 9.08. The van der Waals surface area contributed by atoms with Crippen molar-refractivity contribution in [3.05, 3.63) is 100 Å². The topological polar surface area (TPSA) is 103 Å². The molecule has 0 radical (unpaired) electrons. The van der Waals surface area contributed by atoms with Gasteiger partial charge in [-0.1, -0.05) is 36.9 Å². The van der Waals surface area contributed by atoms with Crippen LogP contribution in [0, 0.1) is 13.8 Å². The van der Waals surface area contributed by atoms with E-state index in [1.807, 2.05) is 32.0 Å². The van der Waals surface area contributed by atoms with Gasteiger partial charge >= 0.3 is 0 Å². The number of fused-ring (bicyclic) bond motifs is 1. The van der Waals surface area contributed by atoms with Crippen molar-refractivity contribution in [3.8, 4) is 22.6 Å². The van der Waals surface area contributed by atoms with Crippen LogP contribution in [0.15, 0.2) is 78.2 Å². The number of aromatic nitrogens is 1. The van der Waals surface area contributed by atoms with E-state index in [1.165, 1.54) is 16.7 Å². The first-order valence-electron chi connectivity index (χ1n) is 10.9. The first-order valence-corrected chi connectivity index (χ1v) is 10.9. The minimum Gasteiger partial charge on any atom is -0.456 e. The molecule has 0 aliphatic rings. The summed E-state index contributed by atoms with van der Waals surface area (Å²) in [4.78, 5) is 37.1. The third-order valence-corrected chi connectivity index (χ3v) is 5.82. The van der Waals surface area contributed by atoms with Crippen LogP contribution in [0.1, 0.15) is 21.5 Å². The van der Waals surface area contributed by atoms with E-state index < -0.39 is 5.91 Å². The van der Waals surface area contributed by atoms with E-state index in [-0.39, 0.29) is 22.4 Å². The Morgan fingerprint density at radius 3 is 2.37 bits per heavy atom. The Morgan fingerprint density at radius 2 is 1.71 bits per heavy atom. The fourth-order valence-corrected chi connectivity index (χ4v) is 4.10. The molecule has 4 aromatic rings. The number of aryl methyl sites for hydroxylation is 3. The van der Waals surface area contributed by atoms with Gasteiger partial charge in [0, 0.05) is 30.1 Å². The zero-order valence-corrected chi connectivity index (χ0v) is 19.7. The summed E-state index contributed by atoms with van der Waals surface area (Å²) < 4.78 is 7.80. The lowest BCUT2D eigenvalue weighted by Gasteiger charge is -2.18. The average molecular weight is 468 g/mol. The van der Waals surface area contributed by atoms with Gasteiger partial charge in [0.15, 0.2) is 0 Å². The Bertz CT molecular complexity index is 1550. The van der Waals surface area contributed by atoms with Gasteiger partial charge in [0.05, 0.1) is 10.9 Å². The van der Waals surface area contributed by atoms with Gasteiger partial charge in [-0.15, -0.1) is 0 Å². The number of primary amides is 1. The predicted molar refractivity (Wildman–Crippen MR) is 138 cm³/mol. The molecule has 35 heavy (non-hydrogen) atoms. The van der Waals surface area contributed by atoms with E-state index >= 15 is 0 Å². The molecule has 2 amide bonds. The first kappa shape index (κ1) is 23.5. The number of hydrogen-bond acceptors (Lipinski definition) is 4. The van der Waals surface area contributed by atoms with Crippen molar-refractivity contribution in [2.24, 2.45) is 12.8 Å². The Labute approximate surface area is 202 Å². The van der Waals surface area contributed by atoms with Crippen LogP contribution in [-0.4, -0.2) is 16.4 Å². The summed E-state index contributed by atoms with van der Waals surface area (Å²) in [6, 6.07) is 16.1. The van der Waals surface area contributed by atoms with Crippen molar-refractivity contribution in [3.63, 3.8) is 0 Å². The van der Waals surface area contributed by atoms with E-state index in [9.17, 15) is 14.4 Å². The van der Waals surface area contributed by atoms with Gasteiger partial charge < -0.3 is 20.4 Å². The van der Waals surface area contributed by atoms with Crippen LogP contribution in [0.25, 0.3) is 21.9 Å². The molecular formula is C28H25N3O4. The zero-order valence-electron chi connectivity index (χ0n) is 19.7.